The van der Waals surface area contributed by atoms with E-state index >= 15 is 0 Å². The van der Waals surface area contributed by atoms with Crippen LogP contribution in [0.4, 0.5) is 0 Å². The van der Waals surface area contributed by atoms with Crippen LogP contribution >= 0.6 is 11.8 Å². The summed E-state index contributed by atoms with van der Waals surface area (Å²) in [5.74, 6) is 1.95. The molecule has 1 aromatic carbocycles. The molecule has 0 radical (unpaired) electrons. The van der Waals surface area contributed by atoms with E-state index in [1.165, 1.54) is 11.8 Å². The molecule has 1 heterocycles. The van der Waals surface area contributed by atoms with E-state index in [1.54, 1.807) is 0 Å². The molecule has 1 atom stereocenters. The largest absolute Gasteiger partial charge is 0.411 e. The van der Waals surface area contributed by atoms with Crippen molar-refractivity contribution in [3.05, 3.63) is 35.4 Å². The zero-order valence-electron chi connectivity index (χ0n) is 13.3. The number of carbonyl (C=O) groups is 1. The highest BCUT2D eigenvalue weighted by atomic mass is 32.2. The molecule has 1 aromatic heterocycles. The van der Waals surface area contributed by atoms with Crippen LogP contribution in [-0.4, -0.2) is 28.7 Å². The van der Waals surface area contributed by atoms with Crippen LogP contribution in [0.1, 0.15) is 19.4 Å². The number of hydrogen-bond donors (Lipinski definition) is 0. The summed E-state index contributed by atoms with van der Waals surface area (Å²) in [5, 5.41) is 8.40. The van der Waals surface area contributed by atoms with E-state index in [4.69, 9.17) is 4.42 Å². The maximum absolute atomic E-state index is 11.3. The van der Waals surface area contributed by atoms with Crippen LogP contribution in [0.2, 0.25) is 0 Å². The van der Waals surface area contributed by atoms with E-state index < -0.39 is 5.92 Å². The predicted octanol–water partition coefficient (Wildman–Crippen LogP) is 3.23. The average Bonchev–Trinajstić information content (AvgIpc) is 3.04. The van der Waals surface area contributed by atoms with Crippen molar-refractivity contribution in [3.8, 4) is 11.5 Å². The molecule has 0 N–H and O–H groups in total. The monoisotopic (exact) mass is 330 g/mol. The quantitative estimate of drug-likeness (QED) is 0.441. The number of nitrogens with zero attached hydrogens (tertiary/aromatic N) is 2. The lowest BCUT2D eigenvalue weighted by atomic mass is 9.87. The van der Waals surface area contributed by atoms with Gasteiger partial charge in [-0.1, -0.05) is 37.7 Å². The van der Waals surface area contributed by atoms with Crippen molar-refractivity contribution in [2.24, 2.45) is 11.8 Å². The first kappa shape index (κ1) is 17.2. The van der Waals surface area contributed by atoms with Gasteiger partial charge in [0, 0.05) is 11.1 Å². The Bertz CT molecular complexity index is 716. The number of carbonyl (C=O) groups excluding carboxylic acids is 2. The Hall–Kier alpha value is -2.17. The van der Waals surface area contributed by atoms with Crippen LogP contribution < -0.4 is 0 Å². The van der Waals surface area contributed by atoms with Crippen LogP contribution in [0.15, 0.2) is 39.5 Å². The number of benzene rings is 1. The summed E-state index contributed by atoms with van der Waals surface area (Å²) in [4.78, 5) is 22.4. The molecule has 0 aliphatic heterocycles. The van der Waals surface area contributed by atoms with Crippen molar-refractivity contribution in [1.82, 2.24) is 10.2 Å². The fraction of sp³-hybridized carbons (Fsp3) is 0.353. The smallest absolute Gasteiger partial charge is 0.276 e. The molecule has 0 spiro atoms. The number of allylic oxidation sites excluding steroid dienone is 1. The standard InChI is InChI=1S/C17H18N2O3S/c1-11(2)15(10-21)14(9-20)8-12-4-6-13(7-5-12)16-18-19-17(22-16)23-3/h4-7,9,11,14H,8H2,1-3H3. The molecule has 0 saturated carbocycles. The Labute approximate surface area is 139 Å². The molecule has 2 aromatic rings. The molecule has 0 aliphatic rings. The van der Waals surface area contributed by atoms with Crippen LogP contribution in [0.3, 0.4) is 0 Å². The van der Waals surface area contributed by atoms with Gasteiger partial charge in [-0.15, -0.1) is 10.2 Å². The molecular formula is C17H18N2O3S. The maximum atomic E-state index is 11.3. The normalized spacial score (nSPS) is 12.0. The molecule has 0 fully saturated rings. The lowest BCUT2D eigenvalue weighted by Crippen LogP contribution is -2.14. The first-order chi connectivity index (χ1) is 11.1. The summed E-state index contributed by atoms with van der Waals surface area (Å²) in [7, 11) is 0. The van der Waals surface area contributed by atoms with Crippen molar-refractivity contribution in [3.63, 3.8) is 0 Å². The van der Waals surface area contributed by atoms with Crippen LogP contribution in [0.5, 0.6) is 0 Å². The van der Waals surface area contributed by atoms with Gasteiger partial charge in [-0.2, -0.15) is 0 Å². The summed E-state index contributed by atoms with van der Waals surface area (Å²) in [6.45, 7) is 3.78. The van der Waals surface area contributed by atoms with Gasteiger partial charge in [0.25, 0.3) is 5.22 Å². The molecular weight excluding hydrogens is 312 g/mol. The van der Waals surface area contributed by atoms with Crippen molar-refractivity contribution < 1.29 is 14.0 Å². The SMILES string of the molecule is CSc1nnc(-c2ccc(CC(C=O)C(=C=O)C(C)C)cc2)o1. The number of aldehydes is 1. The fourth-order valence-corrected chi connectivity index (χ4v) is 2.58. The highest BCUT2D eigenvalue weighted by Gasteiger charge is 2.18. The van der Waals surface area contributed by atoms with E-state index in [9.17, 15) is 9.59 Å². The molecule has 5 nitrogen and oxygen atoms in total. The lowest BCUT2D eigenvalue weighted by molar-refractivity contribution is -0.110. The zero-order valence-corrected chi connectivity index (χ0v) is 14.1. The summed E-state index contributed by atoms with van der Waals surface area (Å²) >= 11 is 1.39. The minimum Gasteiger partial charge on any atom is -0.411 e. The van der Waals surface area contributed by atoms with Gasteiger partial charge in [-0.05, 0) is 36.3 Å². The highest BCUT2D eigenvalue weighted by Crippen LogP contribution is 2.24. The maximum Gasteiger partial charge on any atom is 0.276 e. The third-order valence-corrected chi connectivity index (χ3v) is 4.06. The third kappa shape index (κ3) is 4.18. The third-order valence-electron chi connectivity index (χ3n) is 3.54. The molecule has 2 rings (SSSR count). The Morgan fingerprint density at radius 3 is 2.48 bits per heavy atom. The second-order valence-corrected chi connectivity index (χ2v) is 6.19. The predicted molar refractivity (Wildman–Crippen MR) is 88.8 cm³/mol. The van der Waals surface area contributed by atoms with Gasteiger partial charge in [-0.25, -0.2) is 4.79 Å². The topological polar surface area (TPSA) is 73.1 Å². The Morgan fingerprint density at radius 1 is 1.30 bits per heavy atom. The van der Waals surface area contributed by atoms with Crippen LogP contribution in [0.25, 0.3) is 11.5 Å². The lowest BCUT2D eigenvalue weighted by Gasteiger charge is -2.14. The molecule has 0 saturated heterocycles. The van der Waals surface area contributed by atoms with E-state index in [1.807, 2.05) is 50.3 Å². The van der Waals surface area contributed by atoms with Crippen molar-refractivity contribution in [1.29, 1.82) is 0 Å². The van der Waals surface area contributed by atoms with Gasteiger partial charge >= 0.3 is 0 Å². The van der Waals surface area contributed by atoms with Gasteiger partial charge in [-0.3, -0.25) is 0 Å². The van der Waals surface area contributed by atoms with Crippen molar-refractivity contribution >= 4 is 24.0 Å². The second-order valence-electron chi connectivity index (χ2n) is 5.43. The number of thioether (sulfide) groups is 1. The molecule has 6 heteroatoms. The van der Waals surface area contributed by atoms with Gasteiger partial charge in [0.1, 0.15) is 12.2 Å². The van der Waals surface area contributed by atoms with E-state index in [0.717, 1.165) is 17.4 Å². The van der Waals surface area contributed by atoms with Gasteiger partial charge in [0.05, 0.1) is 5.92 Å². The molecule has 1 unspecified atom stereocenters. The Morgan fingerprint density at radius 2 is 2.00 bits per heavy atom. The van der Waals surface area contributed by atoms with Gasteiger partial charge < -0.3 is 9.21 Å². The first-order valence-electron chi connectivity index (χ1n) is 7.26. The minimum atomic E-state index is -0.440. The van der Waals surface area contributed by atoms with Gasteiger partial charge in [0.2, 0.25) is 5.89 Å². The molecule has 0 aliphatic carbocycles. The summed E-state index contributed by atoms with van der Waals surface area (Å²) in [6, 6.07) is 7.54. The summed E-state index contributed by atoms with van der Waals surface area (Å²) in [5.41, 5.74) is 2.29. The molecule has 23 heavy (non-hydrogen) atoms. The molecule has 0 amide bonds. The first-order valence-corrected chi connectivity index (χ1v) is 8.48. The Kier molecular flexibility index (Phi) is 5.90. The second kappa shape index (κ2) is 7.90. The van der Waals surface area contributed by atoms with E-state index in [-0.39, 0.29) is 5.92 Å². The van der Waals surface area contributed by atoms with Crippen LogP contribution in [0, 0.1) is 11.8 Å². The number of aromatic nitrogens is 2. The number of rotatable bonds is 7. The van der Waals surface area contributed by atoms with E-state index in [2.05, 4.69) is 10.2 Å². The van der Waals surface area contributed by atoms with Crippen molar-refractivity contribution in [2.45, 2.75) is 25.5 Å². The van der Waals surface area contributed by atoms with Crippen LogP contribution in [-0.2, 0) is 16.0 Å². The summed E-state index contributed by atoms with van der Waals surface area (Å²) < 4.78 is 5.48. The minimum absolute atomic E-state index is 0.00494. The molecule has 0 bridgehead atoms. The fourth-order valence-electron chi connectivity index (χ4n) is 2.30. The highest BCUT2D eigenvalue weighted by molar-refractivity contribution is 7.98. The van der Waals surface area contributed by atoms with E-state index in [0.29, 0.717) is 23.1 Å². The number of hydrogen-bond acceptors (Lipinski definition) is 6. The van der Waals surface area contributed by atoms with Crippen molar-refractivity contribution in [2.75, 3.05) is 6.26 Å². The summed E-state index contributed by atoms with van der Waals surface area (Å²) in [6.07, 6.45) is 3.16. The Balaban J connectivity index is 2.15. The zero-order chi connectivity index (χ0) is 16.8. The molecule has 120 valence electrons. The average molecular weight is 330 g/mol. The van der Waals surface area contributed by atoms with Gasteiger partial charge in [0.15, 0.2) is 0 Å².